The molecule has 3 heterocycles. The lowest BCUT2D eigenvalue weighted by Crippen LogP contribution is -2.31. The van der Waals surface area contributed by atoms with E-state index in [2.05, 4.69) is 10.3 Å². The van der Waals surface area contributed by atoms with Crippen molar-refractivity contribution in [2.45, 2.75) is 13.5 Å². The lowest BCUT2D eigenvalue weighted by atomic mass is 10.2. The zero-order valence-electron chi connectivity index (χ0n) is 15.8. The zero-order valence-corrected chi connectivity index (χ0v) is 16.6. The number of imide groups is 1. The molecule has 0 fully saturated rings. The maximum Gasteiger partial charge on any atom is 0.278 e. The fourth-order valence-corrected chi connectivity index (χ4v) is 3.90. The Morgan fingerprint density at radius 1 is 1.07 bits per heavy atom. The maximum atomic E-state index is 13.2. The van der Waals surface area contributed by atoms with Gasteiger partial charge in [0.15, 0.2) is 0 Å². The van der Waals surface area contributed by atoms with Crippen LogP contribution in [0.4, 0.5) is 5.69 Å². The van der Waals surface area contributed by atoms with Crippen molar-refractivity contribution in [2.75, 3.05) is 11.9 Å². The van der Waals surface area contributed by atoms with Gasteiger partial charge in [-0.1, -0.05) is 12.1 Å². The van der Waals surface area contributed by atoms with Crippen molar-refractivity contribution in [3.8, 4) is 5.75 Å². The number of carbonyl (C=O) groups is 2. The van der Waals surface area contributed by atoms with Crippen LogP contribution < -0.4 is 10.1 Å². The number of ether oxygens (including phenoxy) is 1. The van der Waals surface area contributed by atoms with E-state index < -0.39 is 0 Å². The molecule has 1 aliphatic rings. The number of nitrogens with one attached hydrogen (secondary N) is 1. The number of benzene rings is 1. The van der Waals surface area contributed by atoms with Gasteiger partial charge in [0.1, 0.15) is 11.4 Å². The van der Waals surface area contributed by atoms with Crippen LogP contribution in [0, 0.1) is 0 Å². The summed E-state index contributed by atoms with van der Waals surface area (Å²) >= 11 is 1.43. The smallest absolute Gasteiger partial charge is 0.278 e. The number of pyridine rings is 1. The van der Waals surface area contributed by atoms with Crippen LogP contribution in [0.5, 0.6) is 5.75 Å². The van der Waals surface area contributed by atoms with Crippen LogP contribution in [0.15, 0.2) is 72.0 Å². The molecule has 0 saturated carbocycles. The van der Waals surface area contributed by atoms with E-state index in [0.29, 0.717) is 23.6 Å². The number of hydrogen-bond acceptors (Lipinski definition) is 6. The largest absolute Gasteiger partial charge is 0.494 e. The van der Waals surface area contributed by atoms with Crippen molar-refractivity contribution in [1.82, 2.24) is 9.88 Å². The van der Waals surface area contributed by atoms with E-state index in [1.165, 1.54) is 16.2 Å². The van der Waals surface area contributed by atoms with Gasteiger partial charge in [-0.3, -0.25) is 19.5 Å². The van der Waals surface area contributed by atoms with Gasteiger partial charge in [0.2, 0.25) is 0 Å². The number of rotatable bonds is 7. The van der Waals surface area contributed by atoms with E-state index in [1.807, 2.05) is 48.7 Å². The molecule has 146 valence electrons. The van der Waals surface area contributed by atoms with Crippen LogP contribution in [0.2, 0.25) is 0 Å². The van der Waals surface area contributed by atoms with E-state index >= 15 is 0 Å². The minimum absolute atomic E-state index is 0.194. The van der Waals surface area contributed by atoms with Gasteiger partial charge in [-0.05, 0) is 48.2 Å². The molecule has 2 aromatic heterocycles. The first-order valence-electron chi connectivity index (χ1n) is 9.20. The lowest BCUT2D eigenvalue weighted by molar-refractivity contribution is -0.137. The molecule has 7 heteroatoms. The van der Waals surface area contributed by atoms with Crippen LogP contribution in [0.1, 0.15) is 17.4 Å². The molecule has 0 aliphatic carbocycles. The van der Waals surface area contributed by atoms with Crippen molar-refractivity contribution < 1.29 is 14.3 Å². The molecule has 1 aliphatic heterocycles. The summed E-state index contributed by atoms with van der Waals surface area (Å²) in [5.74, 6) is 0.0379. The average molecular weight is 405 g/mol. The molecule has 29 heavy (non-hydrogen) atoms. The van der Waals surface area contributed by atoms with Crippen LogP contribution in [-0.2, 0) is 16.1 Å². The van der Waals surface area contributed by atoms with Crippen molar-refractivity contribution in [1.29, 1.82) is 0 Å². The highest BCUT2D eigenvalue weighted by Gasteiger charge is 2.39. The molecule has 0 atom stereocenters. The molecule has 1 N–H and O–H groups in total. The van der Waals surface area contributed by atoms with Gasteiger partial charge in [-0.15, -0.1) is 11.3 Å². The van der Waals surface area contributed by atoms with Crippen LogP contribution in [-0.4, -0.2) is 28.3 Å². The quantitative estimate of drug-likeness (QED) is 0.603. The second kappa shape index (κ2) is 8.28. The predicted octanol–water partition coefficient (Wildman–Crippen LogP) is 3.93. The van der Waals surface area contributed by atoms with Gasteiger partial charge >= 0.3 is 0 Å². The Balaban J connectivity index is 1.69. The summed E-state index contributed by atoms with van der Waals surface area (Å²) in [6, 6.07) is 14.6. The molecule has 0 spiro atoms. The van der Waals surface area contributed by atoms with Gasteiger partial charge in [-0.25, -0.2) is 0 Å². The fourth-order valence-electron chi connectivity index (χ4n) is 3.13. The Morgan fingerprint density at radius 3 is 2.62 bits per heavy atom. The number of nitrogens with zero attached hydrogens (tertiary/aromatic N) is 2. The third-order valence-electron chi connectivity index (χ3n) is 4.44. The first-order valence-corrected chi connectivity index (χ1v) is 10.1. The summed E-state index contributed by atoms with van der Waals surface area (Å²) < 4.78 is 5.54. The molecule has 0 saturated heterocycles. The van der Waals surface area contributed by atoms with Gasteiger partial charge in [0, 0.05) is 29.0 Å². The van der Waals surface area contributed by atoms with Gasteiger partial charge < -0.3 is 10.1 Å². The Bertz CT molecular complexity index is 1060. The number of hydrogen-bond donors (Lipinski definition) is 1. The van der Waals surface area contributed by atoms with E-state index in [4.69, 9.17) is 4.74 Å². The number of thiophene rings is 1. The SMILES string of the molecule is CCOc1cccc(NC2=C(c3cccs3)C(=O)N(Cc3ccncc3)C2=O)c1. The third-order valence-corrected chi connectivity index (χ3v) is 5.33. The number of anilines is 1. The second-order valence-corrected chi connectivity index (χ2v) is 7.31. The van der Waals surface area contributed by atoms with Crippen molar-refractivity contribution in [2.24, 2.45) is 0 Å². The molecule has 6 nitrogen and oxygen atoms in total. The van der Waals surface area contributed by atoms with Gasteiger partial charge in [0.05, 0.1) is 18.7 Å². The first-order chi connectivity index (χ1) is 14.2. The Kier molecular flexibility index (Phi) is 5.39. The van der Waals surface area contributed by atoms with Crippen molar-refractivity contribution in [3.05, 3.63) is 82.4 Å². The number of carbonyl (C=O) groups excluding carboxylic acids is 2. The molecular weight excluding hydrogens is 386 g/mol. The summed E-state index contributed by atoms with van der Waals surface area (Å²) in [6.07, 6.45) is 3.29. The van der Waals surface area contributed by atoms with Crippen LogP contribution >= 0.6 is 11.3 Å². The summed E-state index contributed by atoms with van der Waals surface area (Å²) in [7, 11) is 0. The highest BCUT2D eigenvalue weighted by Crippen LogP contribution is 2.34. The summed E-state index contributed by atoms with van der Waals surface area (Å²) in [6.45, 7) is 2.65. The zero-order chi connectivity index (χ0) is 20.2. The van der Waals surface area contributed by atoms with E-state index in [1.54, 1.807) is 24.5 Å². The molecule has 1 aromatic carbocycles. The normalized spacial score (nSPS) is 13.9. The Labute approximate surface area is 172 Å². The van der Waals surface area contributed by atoms with Gasteiger partial charge in [-0.2, -0.15) is 0 Å². The van der Waals surface area contributed by atoms with E-state index in [0.717, 1.165) is 10.4 Å². The summed E-state index contributed by atoms with van der Waals surface area (Å²) in [5, 5.41) is 5.04. The topological polar surface area (TPSA) is 71.5 Å². The summed E-state index contributed by atoms with van der Waals surface area (Å²) in [4.78, 5) is 32.3. The standard InChI is InChI=1S/C22H19N3O3S/c1-2-28-17-6-3-5-16(13-17)24-20-19(18-7-4-12-29-18)21(26)25(22(20)27)14-15-8-10-23-11-9-15/h3-13,24H,2,14H2,1H3. The minimum atomic E-state index is -0.350. The first kappa shape index (κ1) is 18.9. The molecule has 4 rings (SSSR count). The molecule has 0 radical (unpaired) electrons. The third kappa shape index (κ3) is 3.90. The van der Waals surface area contributed by atoms with Crippen molar-refractivity contribution in [3.63, 3.8) is 0 Å². The van der Waals surface area contributed by atoms with Crippen LogP contribution in [0.3, 0.4) is 0 Å². The second-order valence-electron chi connectivity index (χ2n) is 6.37. The highest BCUT2D eigenvalue weighted by atomic mass is 32.1. The molecule has 3 aromatic rings. The van der Waals surface area contributed by atoms with Crippen molar-refractivity contribution >= 4 is 34.4 Å². The molecule has 0 bridgehead atoms. The number of amides is 2. The highest BCUT2D eigenvalue weighted by molar-refractivity contribution is 7.11. The van der Waals surface area contributed by atoms with E-state index in [-0.39, 0.29) is 24.1 Å². The number of aromatic nitrogens is 1. The Hall–Kier alpha value is -3.45. The molecule has 0 unspecified atom stereocenters. The summed E-state index contributed by atoms with van der Waals surface area (Å²) in [5.41, 5.74) is 2.19. The predicted molar refractivity (Wildman–Crippen MR) is 112 cm³/mol. The van der Waals surface area contributed by atoms with Gasteiger partial charge in [0.25, 0.3) is 11.8 Å². The average Bonchev–Trinajstić information content (AvgIpc) is 3.33. The molecular formula is C22H19N3O3S. The minimum Gasteiger partial charge on any atom is -0.494 e. The lowest BCUT2D eigenvalue weighted by Gasteiger charge is -2.15. The molecule has 2 amide bonds. The Morgan fingerprint density at radius 2 is 1.90 bits per heavy atom. The maximum absolute atomic E-state index is 13.2. The van der Waals surface area contributed by atoms with Crippen LogP contribution in [0.25, 0.3) is 5.57 Å². The van der Waals surface area contributed by atoms with E-state index in [9.17, 15) is 9.59 Å². The monoisotopic (exact) mass is 405 g/mol. The fraction of sp³-hybridized carbons (Fsp3) is 0.136.